The fourth-order valence-electron chi connectivity index (χ4n) is 2.49. The molecule has 0 saturated carbocycles. The summed E-state index contributed by atoms with van der Waals surface area (Å²) in [4.78, 5) is 27.7. The van der Waals surface area contributed by atoms with Gasteiger partial charge in [0.05, 0.1) is 13.1 Å². The summed E-state index contributed by atoms with van der Waals surface area (Å²) in [7, 11) is 3.43. The molecule has 0 fully saturated rings. The molecule has 2 aromatic carbocycles. The van der Waals surface area contributed by atoms with E-state index in [1.54, 1.807) is 19.2 Å². The Hall–Kier alpha value is -2.08. The molecule has 2 aromatic rings. The Bertz CT molecular complexity index is 809. The first-order valence-electron chi connectivity index (χ1n) is 8.47. The topological polar surface area (TPSA) is 52.7 Å². The molecule has 0 heterocycles. The second-order valence-corrected chi connectivity index (χ2v) is 7.42. The Kier molecular flexibility index (Phi) is 7.66. The number of benzene rings is 2. The third-order valence-corrected chi connectivity index (χ3v) is 4.59. The van der Waals surface area contributed by atoms with E-state index < -0.39 is 0 Å². The standard InChI is InChI=1S/C20H23Cl2N3O2/c1-14-4-8-17(9-5-14)23-19(26)12-25(3)20(27)13-24(2)11-15-6-7-16(21)10-18(15)22/h4-10H,11-13H2,1-3H3,(H,23,26). The van der Waals surface area contributed by atoms with Crippen molar-refractivity contribution >= 4 is 40.7 Å². The number of amides is 2. The van der Waals surface area contributed by atoms with Crippen LogP contribution in [0.25, 0.3) is 0 Å². The van der Waals surface area contributed by atoms with Gasteiger partial charge in [0.2, 0.25) is 11.8 Å². The lowest BCUT2D eigenvalue weighted by atomic mass is 10.2. The Balaban J connectivity index is 1.83. The molecule has 0 unspecified atom stereocenters. The molecule has 144 valence electrons. The molecule has 2 amide bonds. The van der Waals surface area contributed by atoms with Crippen molar-refractivity contribution in [2.45, 2.75) is 13.5 Å². The summed E-state index contributed by atoms with van der Waals surface area (Å²) < 4.78 is 0. The average molecular weight is 408 g/mol. The lowest BCUT2D eigenvalue weighted by Gasteiger charge is -2.22. The van der Waals surface area contributed by atoms with Crippen molar-refractivity contribution < 1.29 is 9.59 Å². The van der Waals surface area contributed by atoms with E-state index in [0.29, 0.717) is 22.3 Å². The maximum absolute atomic E-state index is 12.4. The van der Waals surface area contributed by atoms with E-state index >= 15 is 0 Å². The zero-order valence-electron chi connectivity index (χ0n) is 15.6. The minimum absolute atomic E-state index is 0.0117. The molecule has 0 aliphatic carbocycles. The second-order valence-electron chi connectivity index (χ2n) is 6.57. The number of halogens is 2. The van der Waals surface area contributed by atoms with Gasteiger partial charge in [-0.05, 0) is 43.8 Å². The highest BCUT2D eigenvalue weighted by Gasteiger charge is 2.16. The van der Waals surface area contributed by atoms with Crippen LogP contribution in [0.2, 0.25) is 10.0 Å². The summed E-state index contributed by atoms with van der Waals surface area (Å²) in [5.74, 6) is -0.389. The fourth-order valence-corrected chi connectivity index (χ4v) is 2.96. The Morgan fingerprint density at radius 1 is 1.00 bits per heavy atom. The molecule has 0 spiro atoms. The van der Waals surface area contributed by atoms with E-state index in [1.165, 1.54) is 4.90 Å². The van der Waals surface area contributed by atoms with Gasteiger partial charge < -0.3 is 10.2 Å². The molecule has 7 heteroatoms. The number of anilines is 1. The zero-order valence-corrected chi connectivity index (χ0v) is 17.1. The normalized spacial score (nSPS) is 10.7. The maximum Gasteiger partial charge on any atom is 0.243 e. The summed E-state index contributed by atoms with van der Waals surface area (Å²) in [5.41, 5.74) is 2.71. The minimum Gasteiger partial charge on any atom is -0.335 e. The number of hydrogen-bond acceptors (Lipinski definition) is 3. The van der Waals surface area contributed by atoms with Crippen molar-refractivity contribution in [3.8, 4) is 0 Å². The summed E-state index contributed by atoms with van der Waals surface area (Å²) in [6.45, 7) is 2.65. The predicted octanol–water partition coefficient (Wildman–Crippen LogP) is 3.83. The third kappa shape index (κ3) is 6.86. The van der Waals surface area contributed by atoms with Gasteiger partial charge >= 0.3 is 0 Å². The van der Waals surface area contributed by atoms with Crippen LogP contribution in [-0.4, -0.2) is 48.8 Å². The zero-order chi connectivity index (χ0) is 20.0. The number of carbonyl (C=O) groups excluding carboxylic acids is 2. The first-order chi connectivity index (χ1) is 12.7. The van der Waals surface area contributed by atoms with Crippen molar-refractivity contribution in [2.24, 2.45) is 0 Å². The van der Waals surface area contributed by atoms with Gasteiger partial charge in [-0.1, -0.05) is 47.0 Å². The molecule has 0 saturated heterocycles. The van der Waals surface area contributed by atoms with Crippen LogP contribution in [0.1, 0.15) is 11.1 Å². The van der Waals surface area contributed by atoms with Crippen LogP contribution in [0.15, 0.2) is 42.5 Å². The Morgan fingerprint density at radius 3 is 2.30 bits per heavy atom. The number of hydrogen-bond donors (Lipinski definition) is 1. The molecule has 5 nitrogen and oxygen atoms in total. The van der Waals surface area contributed by atoms with Crippen LogP contribution in [0.5, 0.6) is 0 Å². The molecule has 0 aliphatic heterocycles. The van der Waals surface area contributed by atoms with Gasteiger partial charge in [0, 0.05) is 29.3 Å². The van der Waals surface area contributed by atoms with Crippen LogP contribution in [0.4, 0.5) is 5.69 Å². The number of likely N-dealkylation sites (N-methyl/N-ethyl adjacent to an activating group) is 2. The monoisotopic (exact) mass is 407 g/mol. The highest BCUT2D eigenvalue weighted by molar-refractivity contribution is 6.35. The smallest absolute Gasteiger partial charge is 0.243 e. The van der Waals surface area contributed by atoms with Gasteiger partial charge in [-0.3, -0.25) is 14.5 Å². The van der Waals surface area contributed by atoms with Gasteiger partial charge in [0.15, 0.2) is 0 Å². The number of aryl methyl sites for hydroxylation is 1. The molecule has 0 bridgehead atoms. The molecular formula is C20H23Cl2N3O2. The van der Waals surface area contributed by atoms with Crippen LogP contribution in [-0.2, 0) is 16.1 Å². The lowest BCUT2D eigenvalue weighted by molar-refractivity contribution is -0.134. The van der Waals surface area contributed by atoms with Gasteiger partial charge in [-0.2, -0.15) is 0 Å². The van der Waals surface area contributed by atoms with Crippen LogP contribution in [0, 0.1) is 6.92 Å². The molecule has 0 aliphatic rings. The minimum atomic E-state index is -0.238. The largest absolute Gasteiger partial charge is 0.335 e. The summed E-state index contributed by atoms with van der Waals surface area (Å²) >= 11 is 12.1. The third-order valence-electron chi connectivity index (χ3n) is 4.00. The molecule has 2 rings (SSSR count). The number of nitrogens with one attached hydrogen (secondary N) is 1. The van der Waals surface area contributed by atoms with Crippen LogP contribution in [0.3, 0.4) is 0 Å². The van der Waals surface area contributed by atoms with Crippen LogP contribution >= 0.6 is 23.2 Å². The van der Waals surface area contributed by atoms with Crippen molar-refractivity contribution in [2.75, 3.05) is 32.5 Å². The van der Waals surface area contributed by atoms with Crippen molar-refractivity contribution in [1.29, 1.82) is 0 Å². The molecule has 27 heavy (non-hydrogen) atoms. The van der Waals surface area contributed by atoms with Gasteiger partial charge in [0.25, 0.3) is 0 Å². The highest BCUT2D eigenvalue weighted by atomic mass is 35.5. The van der Waals surface area contributed by atoms with E-state index in [4.69, 9.17) is 23.2 Å². The number of carbonyl (C=O) groups is 2. The van der Waals surface area contributed by atoms with Crippen molar-refractivity contribution in [3.63, 3.8) is 0 Å². The summed E-state index contributed by atoms with van der Waals surface area (Å²) in [5, 5.41) is 3.92. The number of rotatable bonds is 7. The van der Waals surface area contributed by atoms with Crippen molar-refractivity contribution in [3.05, 3.63) is 63.6 Å². The molecule has 0 radical (unpaired) electrons. The van der Waals surface area contributed by atoms with Crippen molar-refractivity contribution in [1.82, 2.24) is 9.80 Å². The second kappa shape index (κ2) is 9.74. The lowest BCUT2D eigenvalue weighted by Crippen LogP contribution is -2.40. The SMILES string of the molecule is Cc1ccc(NC(=O)CN(C)C(=O)CN(C)Cc2ccc(Cl)cc2Cl)cc1. The first kappa shape index (κ1) is 21.2. The van der Waals surface area contributed by atoms with E-state index in [1.807, 2.05) is 49.2 Å². The molecule has 0 aromatic heterocycles. The molecule has 1 N–H and O–H groups in total. The average Bonchev–Trinajstić information content (AvgIpc) is 2.59. The van der Waals surface area contributed by atoms with E-state index in [9.17, 15) is 9.59 Å². The van der Waals surface area contributed by atoms with E-state index in [2.05, 4.69) is 5.32 Å². The fraction of sp³-hybridized carbons (Fsp3) is 0.300. The summed E-state index contributed by atoms with van der Waals surface area (Å²) in [6, 6.07) is 12.8. The summed E-state index contributed by atoms with van der Waals surface area (Å²) in [6.07, 6.45) is 0. The first-order valence-corrected chi connectivity index (χ1v) is 9.23. The Labute approximate surface area is 169 Å². The van der Waals surface area contributed by atoms with Gasteiger partial charge in [-0.25, -0.2) is 0 Å². The quantitative estimate of drug-likeness (QED) is 0.758. The van der Waals surface area contributed by atoms with Gasteiger partial charge in [-0.15, -0.1) is 0 Å². The maximum atomic E-state index is 12.4. The highest BCUT2D eigenvalue weighted by Crippen LogP contribution is 2.21. The van der Waals surface area contributed by atoms with E-state index in [0.717, 1.165) is 11.1 Å². The molecular weight excluding hydrogens is 385 g/mol. The predicted molar refractivity (Wildman–Crippen MR) is 110 cm³/mol. The molecule has 0 atom stereocenters. The Morgan fingerprint density at radius 2 is 1.67 bits per heavy atom. The van der Waals surface area contributed by atoms with Gasteiger partial charge in [0.1, 0.15) is 0 Å². The van der Waals surface area contributed by atoms with Crippen LogP contribution < -0.4 is 5.32 Å². The van der Waals surface area contributed by atoms with E-state index in [-0.39, 0.29) is 24.9 Å². The number of nitrogens with zero attached hydrogens (tertiary/aromatic N) is 2.